The van der Waals surface area contributed by atoms with Gasteiger partial charge in [0.05, 0.1) is 50.7 Å². The molecule has 206 valence electrons. The van der Waals surface area contributed by atoms with Gasteiger partial charge in [-0.2, -0.15) is 10.2 Å². The van der Waals surface area contributed by atoms with E-state index < -0.39 is 29.2 Å². The number of benzene rings is 1. The second-order valence-electron chi connectivity index (χ2n) is 9.20. The highest BCUT2D eigenvalue weighted by Gasteiger charge is 2.33. The number of carbonyl (C=O) groups excluding carboxylic acids is 1. The minimum atomic E-state index is -0.920. The van der Waals surface area contributed by atoms with Crippen LogP contribution in [0.4, 0.5) is 4.39 Å². The van der Waals surface area contributed by atoms with Crippen molar-refractivity contribution in [1.29, 1.82) is 0 Å². The molecule has 3 aromatic heterocycles. The summed E-state index contributed by atoms with van der Waals surface area (Å²) < 4.78 is 28.2. The van der Waals surface area contributed by atoms with Crippen molar-refractivity contribution in [3.05, 3.63) is 68.4 Å². The summed E-state index contributed by atoms with van der Waals surface area (Å²) in [7, 11) is 3.06. The summed E-state index contributed by atoms with van der Waals surface area (Å²) >= 11 is 1.16. The number of ether oxygens (including phenoxy) is 2. The van der Waals surface area contributed by atoms with Crippen molar-refractivity contribution in [1.82, 2.24) is 29.0 Å². The minimum absolute atomic E-state index is 0.00999. The van der Waals surface area contributed by atoms with Crippen LogP contribution in [0, 0.1) is 12.7 Å². The highest BCUT2D eigenvalue weighted by molar-refractivity contribution is 7.21. The Kier molecular flexibility index (Phi) is 7.34. The molecule has 39 heavy (non-hydrogen) atoms. The Bertz CT molecular complexity index is 1650. The van der Waals surface area contributed by atoms with Crippen LogP contribution in [0.5, 0.6) is 5.75 Å². The number of hydrogen-bond acceptors (Lipinski definition) is 9. The third-order valence-electron chi connectivity index (χ3n) is 6.80. The van der Waals surface area contributed by atoms with Crippen molar-refractivity contribution in [3.63, 3.8) is 0 Å². The van der Waals surface area contributed by atoms with Gasteiger partial charge in [-0.1, -0.05) is 11.3 Å². The zero-order chi connectivity index (χ0) is 27.8. The fourth-order valence-electron chi connectivity index (χ4n) is 4.92. The maximum atomic E-state index is 14.3. The number of likely N-dealkylation sites (tertiary alicyclic amines) is 1. The molecule has 1 aromatic carbocycles. The van der Waals surface area contributed by atoms with Crippen LogP contribution >= 0.6 is 11.3 Å². The highest BCUT2D eigenvalue weighted by atomic mass is 32.1. The van der Waals surface area contributed by atoms with Gasteiger partial charge >= 0.3 is 5.69 Å². The molecule has 4 aromatic rings. The van der Waals surface area contributed by atoms with Crippen LogP contribution in [0.3, 0.4) is 0 Å². The van der Waals surface area contributed by atoms with Gasteiger partial charge in [-0.15, -0.1) is 4.80 Å². The van der Waals surface area contributed by atoms with E-state index in [0.717, 1.165) is 15.9 Å². The first-order valence-electron chi connectivity index (χ1n) is 12.2. The number of aliphatic hydroxyl groups excluding tert-OH is 1. The first kappa shape index (κ1) is 26.7. The number of aliphatic hydroxyl groups is 1. The van der Waals surface area contributed by atoms with Crippen LogP contribution < -0.4 is 16.0 Å². The van der Waals surface area contributed by atoms with Crippen molar-refractivity contribution < 1.29 is 23.8 Å². The SMILES string of the molecule is COc1ccc(F)cc1[C@H](Cn1c(=O)n(C2CC(=O)N(C)C2)c(=O)c2c(C)c(-n3nccn3)sc21)OCCO. The topological polar surface area (TPSA) is 134 Å². The van der Waals surface area contributed by atoms with E-state index in [1.54, 1.807) is 14.0 Å². The smallest absolute Gasteiger partial charge is 0.332 e. The molecule has 0 spiro atoms. The van der Waals surface area contributed by atoms with E-state index in [1.807, 2.05) is 0 Å². The lowest BCUT2D eigenvalue weighted by Gasteiger charge is -2.23. The summed E-state index contributed by atoms with van der Waals surface area (Å²) in [6.45, 7) is 1.44. The number of thiophene rings is 1. The molecule has 5 rings (SSSR count). The van der Waals surface area contributed by atoms with Crippen LogP contribution in [0.15, 0.2) is 40.2 Å². The molecular formula is C25H27FN6O6S. The summed E-state index contributed by atoms with van der Waals surface area (Å²) in [6, 6.07) is 3.29. The number of hydrogen-bond donors (Lipinski definition) is 1. The largest absolute Gasteiger partial charge is 0.496 e. The van der Waals surface area contributed by atoms with E-state index in [-0.39, 0.29) is 38.6 Å². The Hall–Kier alpha value is -3.88. The number of fused-ring (bicyclic) bond motifs is 1. The number of amides is 1. The van der Waals surface area contributed by atoms with E-state index >= 15 is 0 Å². The van der Waals surface area contributed by atoms with Gasteiger partial charge in [-0.3, -0.25) is 18.7 Å². The van der Waals surface area contributed by atoms with Crippen molar-refractivity contribution in [2.75, 3.05) is 33.9 Å². The van der Waals surface area contributed by atoms with Gasteiger partial charge < -0.3 is 19.5 Å². The molecule has 0 aliphatic carbocycles. The van der Waals surface area contributed by atoms with Crippen LogP contribution in [0.1, 0.15) is 29.7 Å². The Morgan fingerprint density at radius 1 is 1.23 bits per heavy atom. The molecule has 1 amide bonds. The Morgan fingerprint density at radius 3 is 2.62 bits per heavy atom. The third kappa shape index (κ3) is 4.75. The average Bonchev–Trinajstić information content (AvgIpc) is 3.63. The molecule has 0 radical (unpaired) electrons. The quantitative estimate of drug-likeness (QED) is 0.326. The summed E-state index contributed by atoms with van der Waals surface area (Å²) in [6.07, 6.45) is 2.10. The summed E-state index contributed by atoms with van der Waals surface area (Å²) in [5.74, 6) is -0.365. The highest BCUT2D eigenvalue weighted by Crippen LogP contribution is 2.34. The van der Waals surface area contributed by atoms with Crippen LogP contribution in [0.25, 0.3) is 15.2 Å². The molecule has 1 N–H and O–H groups in total. The molecule has 0 bridgehead atoms. The number of aryl methyl sites for hydroxylation is 1. The van der Waals surface area contributed by atoms with Gasteiger partial charge in [-0.25, -0.2) is 9.18 Å². The van der Waals surface area contributed by atoms with Crippen LogP contribution in [-0.2, 0) is 16.1 Å². The van der Waals surface area contributed by atoms with E-state index in [9.17, 15) is 23.9 Å². The standard InChI is InChI=1S/C25H27FN6O6S/c1-14-21-22(35)31(16-11-20(34)29(2)12-16)25(36)30(24(21)39-23(14)32-27-6-7-28-32)13-19(38-9-8-33)17-10-15(26)4-5-18(17)37-3/h4-7,10,16,19,33H,8-9,11-13H2,1-3H3/t16?,19-/m0/s1. The molecule has 1 aliphatic rings. The lowest BCUT2D eigenvalue weighted by atomic mass is 10.1. The molecule has 4 heterocycles. The van der Waals surface area contributed by atoms with Gasteiger partial charge in [0.25, 0.3) is 5.56 Å². The van der Waals surface area contributed by atoms with Gasteiger partial charge in [0.2, 0.25) is 5.91 Å². The molecule has 1 fully saturated rings. The van der Waals surface area contributed by atoms with Crippen molar-refractivity contribution in [3.8, 4) is 10.8 Å². The predicted octanol–water partition coefficient (Wildman–Crippen LogP) is 1.41. The van der Waals surface area contributed by atoms with Crippen molar-refractivity contribution in [2.45, 2.75) is 32.0 Å². The second-order valence-corrected chi connectivity index (χ2v) is 10.2. The molecule has 0 saturated carbocycles. The monoisotopic (exact) mass is 558 g/mol. The minimum Gasteiger partial charge on any atom is -0.496 e. The normalized spacial score (nSPS) is 16.4. The fraction of sp³-hybridized carbons (Fsp3) is 0.400. The Morgan fingerprint density at radius 2 is 1.97 bits per heavy atom. The van der Waals surface area contributed by atoms with Gasteiger partial charge in [0.15, 0.2) is 0 Å². The number of methoxy groups -OCH3 is 1. The fourth-order valence-corrected chi connectivity index (χ4v) is 6.14. The van der Waals surface area contributed by atoms with E-state index in [0.29, 0.717) is 32.1 Å². The van der Waals surface area contributed by atoms with E-state index in [4.69, 9.17) is 9.47 Å². The van der Waals surface area contributed by atoms with Crippen LogP contribution in [0.2, 0.25) is 0 Å². The number of rotatable bonds is 9. The lowest BCUT2D eigenvalue weighted by Crippen LogP contribution is -2.43. The zero-order valence-electron chi connectivity index (χ0n) is 21.5. The number of carbonyl (C=O) groups is 1. The maximum absolute atomic E-state index is 14.3. The molecule has 1 saturated heterocycles. The molecule has 1 aliphatic heterocycles. The van der Waals surface area contributed by atoms with Crippen molar-refractivity contribution in [2.24, 2.45) is 0 Å². The number of likely N-dealkylation sites (N-methyl/N-ethyl adjacent to an activating group) is 1. The summed E-state index contributed by atoms with van der Waals surface area (Å²) in [4.78, 5) is 43.4. The summed E-state index contributed by atoms with van der Waals surface area (Å²) in [5, 5.41) is 18.7. The van der Waals surface area contributed by atoms with Gasteiger partial charge in [0, 0.05) is 31.1 Å². The predicted molar refractivity (Wildman–Crippen MR) is 140 cm³/mol. The Labute approximate surface area is 225 Å². The molecule has 12 nitrogen and oxygen atoms in total. The second kappa shape index (κ2) is 10.7. The third-order valence-corrected chi connectivity index (χ3v) is 8.08. The molecule has 1 unspecified atom stereocenters. The average molecular weight is 559 g/mol. The number of aromatic nitrogens is 5. The lowest BCUT2D eigenvalue weighted by molar-refractivity contribution is -0.126. The van der Waals surface area contributed by atoms with Gasteiger partial charge in [0.1, 0.15) is 27.5 Å². The Balaban J connectivity index is 1.75. The first-order valence-corrected chi connectivity index (χ1v) is 13.0. The maximum Gasteiger partial charge on any atom is 0.332 e. The first-order chi connectivity index (χ1) is 18.7. The molecule has 2 atom stereocenters. The van der Waals surface area contributed by atoms with Crippen molar-refractivity contribution >= 4 is 27.5 Å². The van der Waals surface area contributed by atoms with Gasteiger partial charge in [-0.05, 0) is 25.1 Å². The number of halogens is 1. The molecular weight excluding hydrogens is 531 g/mol. The van der Waals surface area contributed by atoms with E-state index in [1.165, 1.54) is 52.0 Å². The molecule has 14 heteroatoms. The summed E-state index contributed by atoms with van der Waals surface area (Å²) in [5.41, 5.74) is -0.230. The van der Waals surface area contributed by atoms with Crippen LogP contribution in [-0.4, -0.2) is 74.0 Å². The zero-order valence-corrected chi connectivity index (χ0v) is 22.4. The number of nitrogens with zero attached hydrogens (tertiary/aromatic N) is 6. The van der Waals surface area contributed by atoms with E-state index in [2.05, 4.69) is 10.2 Å².